The second-order valence-electron chi connectivity index (χ2n) is 2.43. The van der Waals surface area contributed by atoms with Crippen molar-refractivity contribution in [3.63, 3.8) is 0 Å². The summed E-state index contributed by atoms with van der Waals surface area (Å²) in [4.78, 5) is 0. The second kappa shape index (κ2) is 7.07. The summed E-state index contributed by atoms with van der Waals surface area (Å²) in [7, 11) is 0. The van der Waals surface area contributed by atoms with E-state index < -0.39 is 0 Å². The number of hydrogen-bond donors (Lipinski definition) is 0. The molecule has 0 bridgehead atoms. The second-order valence-corrected chi connectivity index (χ2v) is 2.43. The van der Waals surface area contributed by atoms with Crippen LogP contribution >= 0.6 is 0 Å². The molecule has 0 aromatic rings. The molecule has 0 rings (SSSR count). The van der Waals surface area contributed by atoms with Gasteiger partial charge in [-0.25, -0.2) is 0 Å². The van der Waals surface area contributed by atoms with Crippen molar-refractivity contribution in [1.29, 1.82) is 0 Å². The third-order valence-electron chi connectivity index (χ3n) is 1.34. The lowest BCUT2D eigenvalue weighted by molar-refractivity contribution is 0.944. The third kappa shape index (κ3) is 6.85. The van der Waals surface area contributed by atoms with Crippen LogP contribution in [0.3, 0.4) is 0 Å². The maximum absolute atomic E-state index is 3.68. The van der Waals surface area contributed by atoms with Crippen LogP contribution in [0.2, 0.25) is 0 Å². The molecule has 0 nitrogen and oxygen atoms in total. The van der Waals surface area contributed by atoms with E-state index in [4.69, 9.17) is 0 Å². The van der Waals surface area contributed by atoms with Crippen molar-refractivity contribution in [3.8, 4) is 0 Å². The molecule has 60 valence electrons. The smallest absolute Gasteiger partial charge is 0.00814 e. The fourth-order valence-corrected chi connectivity index (χ4v) is 0.571. The van der Waals surface area contributed by atoms with Crippen LogP contribution in [-0.4, -0.2) is 0 Å². The molecule has 0 aliphatic rings. The first kappa shape index (κ1) is 9.96. The molecule has 0 N–H and O–H groups in total. The molecule has 0 fully saturated rings. The van der Waals surface area contributed by atoms with Crippen molar-refractivity contribution in [2.24, 2.45) is 5.92 Å². The first-order valence-electron chi connectivity index (χ1n) is 3.88. The Morgan fingerprint density at radius 3 is 2.55 bits per heavy atom. The van der Waals surface area contributed by atoms with E-state index in [1.54, 1.807) is 0 Å². The fraction of sp³-hybridized carbons (Fsp3) is 0.273. The standard InChI is InChI=1S/C11H16/c1-4-6-7-8-9-10-11(3)5-2/h4-5,7-11H,1-2,6H2,3H3/b8-7-,10-9-. The minimum Gasteiger partial charge on any atom is -0.103 e. The average Bonchev–Trinajstić information content (AvgIpc) is 2.04. The van der Waals surface area contributed by atoms with Gasteiger partial charge in [-0.1, -0.05) is 43.4 Å². The first-order valence-corrected chi connectivity index (χ1v) is 3.88. The molecule has 0 aliphatic heterocycles. The topological polar surface area (TPSA) is 0 Å². The number of allylic oxidation sites excluding steroid dienone is 6. The molecule has 0 saturated carbocycles. The van der Waals surface area contributed by atoms with Crippen LogP contribution in [0.1, 0.15) is 13.3 Å². The highest BCUT2D eigenvalue weighted by atomic mass is 13.9. The van der Waals surface area contributed by atoms with Gasteiger partial charge >= 0.3 is 0 Å². The Hall–Kier alpha value is -1.04. The van der Waals surface area contributed by atoms with Crippen molar-refractivity contribution in [2.45, 2.75) is 13.3 Å². The fourth-order valence-electron chi connectivity index (χ4n) is 0.571. The van der Waals surface area contributed by atoms with E-state index in [1.807, 2.05) is 24.3 Å². The van der Waals surface area contributed by atoms with Crippen LogP contribution in [0.5, 0.6) is 0 Å². The minimum absolute atomic E-state index is 0.461. The van der Waals surface area contributed by atoms with E-state index in [9.17, 15) is 0 Å². The predicted octanol–water partition coefficient (Wildman–Crippen LogP) is 3.50. The van der Waals surface area contributed by atoms with Crippen LogP contribution in [0, 0.1) is 5.92 Å². The summed E-state index contributed by atoms with van der Waals surface area (Å²) in [6.45, 7) is 9.40. The predicted molar refractivity (Wildman–Crippen MR) is 52.5 cm³/mol. The normalized spacial score (nSPS) is 13.9. The highest BCUT2D eigenvalue weighted by Gasteiger charge is 1.82. The maximum atomic E-state index is 3.68. The molecule has 11 heavy (non-hydrogen) atoms. The zero-order valence-electron chi connectivity index (χ0n) is 7.16. The Morgan fingerprint density at radius 2 is 2.00 bits per heavy atom. The molecule has 0 heteroatoms. The monoisotopic (exact) mass is 148 g/mol. The van der Waals surface area contributed by atoms with Crippen molar-refractivity contribution < 1.29 is 0 Å². The molecular formula is C11H16. The van der Waals surface area contributed by atoms with Gasteiger partial charge in [0, 0.05) is 0 Å². The van der Waals surface area contributed by atoms with E-state index in [-0.39, 0.29) is 0 Å². The third-order valence-corrected chi connectivity index (χ3v) is 1.34. The van der Waals surface area contributed by atoms with Gasteiger partial charge < -0.3 is 0 Å². The zero-order chi connectivity index (χ0) is 8.53. The van der Waals surface area contributed by atoms with Gasteiger partial charge in [0.15, 0.2) is 0 Å². The lowest BCUT2D eigenvalue weighted by Gasteiger charge is -1.91. The van der Waals surface area contributed by atoms with Gasteiger partial charge in [-0.3, -0.25) is 0 Å². The maximum Gasteiger partial charge on any atom is -0.00814 e. The molecule has 0 aromatic carbocycles. The van der Waals surface area contributed by atoms with Crippen molar-refractivity contribution >= 4 is 0 Å². The Morgan fingerprint density at radius 1 is 1.27 bits per heavy atom. The highest BCUT2D eigenvalue weighted by molar-refractivity contribution is 5.07. The van der Waals surface area contributed by atoms with Crippen molar-refractivity contribution in [3.05, 3.63) is 49.6 Å². The molecule has 0 spiro atoms. The summed E-state index contributed by atoms with van der Waals surface area (Å²) in [6.07, 6.45) is 13.0. The zero-order valence-corrected chi connectivity index (χ0v) is 7.16. The Bertz CT molecular complexity index is 161. The molecule has 0 amide bonds. The van der Waals surface area contributed by atoms with Crippen LogP contribution in [0.4, 0.5) is 0 Å². The van der Waals surface area contributed by atoms with Crippen LogP contribution in [0.15, 0.2) is 49.6 Å². The van der Waals surface area contributed by atoms with Gasteiger partial charge in [0.25, 0.3) is 0 Å². The Balaban J connectivity index is 3.57. The van der Waals surface area contributed by atoms with Gasteiger partial charge in [0.1, 0.15) is 0 Å². The van der Waals surface area contributed by atoms with Crippen LogP contribution in [-0.2, 0) is 0 Å². The van der Waals surface area contributed by atoms with E-state index >= 15 is 0 Å². The summed E-state index contributed by atoms with van der Waals surface area (Å²) < 4.78 is 0. The van der Waals surface area contributed by atoms with Crippen LogP contribution in [0.25, 0.3) is 0 Å². The van der Waals surface area contributed by atoms with E-state index in [2.05, 4.69) is 32.2 Å². The SMILES string of the molecule is C=CC/C=C\C=C/C(C)C=C. The average molecular weight is 148 g/mol. The molecule has 0 saturated heterocycles. The summed E-state index contributed by atoms with van der Waals surface area (Å²) >= 11 is 0. The molecule has 0 aliphatic carbocycles. The van der Waals surface area contributed by atoms with E-state index in [0.29, 0.717) is 5.92 Å². The van der Waals surface area contributed by atoms with Gasteiger partial charge in [-0.2, -0.15) is 0 Å². The lowest BCUT2D eigenvalue weighted by Crippen LogP contribution is -1.77. The van der Waals surface area contributed by atoms with Gasteiger partial charge in [-0.15, -0.1) is 13.2 Å². The highest BCUT2D eigenvalue weighted by Crippen LogP contribution is 1.97. The molecule has 1 atom stereocenters. The minimum atomic E-state index is 0.461. The first-order chi connectivity index (χ1) is 5.31. The molecule has 0 aromatic heterocycles. The molecule has 0 heterocycles. The molecule has 1 unspecified atom stereocenters. The quantitative estimate of drug-likeness (QED) is 0.413. The lowest BCUT2D eigenvalue weighted by atomic mass is 10.1. The summed E-state index contributed by atoms with van der Waals surface area (Å²) in [5.41, 5.74) is 0. The Kier molecular flexibility index (Phi) is 6.40. The molecule has 0 radical (unpaired) electrons. The largest absolute Gasteiger partial charge is 0.103 e. The van der Waals surface area contributed by atoms with E-state index in [1.165, 1.54) is 0 Å². The summed E-state index contributed by atoms with van der Waals surface area (Å²) in [5, 5.41) is 0. The van der Waals surface area contributed by atoms with Crippen LogP contribution < -0.4 is 0 Å². The van der Waals surface area contributed by atoms with Crippen molar-refractivity contribution in [2.75, 3.05) is 0 Å². The summed E-state index contributed by atoms with van der Waals surface area (Å²) in [5.74, 6) is 0.461. The number of rotatable bonds is 5. The van der Waals surface area contributed by atoms with Gasteiger partial charge in [0.05, 0.1) is 0 Å². The van der Waals surface area contributed by atoms with Crippen molar-refractivity contribution in [1.82, 2.24) is 0 Å². The van der Waals surface area contributed by atoms with Gasteiger partial charge in [-0.05, 0) is 12.3 Å². The molecular weight excluding hydrogens is 132 g/mol. The van der Waals surface area contributed by atoms with Gasteiger partial charge in [0.2, 0.25) is 0 Å². The Labute approximate surface area is 69.6 Å². The summed E-state index contributed by atoms with van der Waals surface area (Å²) in [6, 6.07) is 0. The van der Waals surface area contributed by atoms with E-state index in [0.717, 1.165) is 6.42 Å². The number of hydrogen-bond acceptors (Lipinski definition) is 0.